The van der Waals surface area contributed by atoms with E-state index in [0.717, 1.165) is 12.8 Å². The Labute approximate surface area is 119 Å². The molecule has 0 N–H and O–H groups in total. The van der Waals surface area contributed by atoms with Crippen LogP contribution in [0.1, 0.15) is 46.5 Å². The molecule has 0 saturated heterocycles. The zero-order valence-electron chi connectivity index (χ0n) is 13.4. The van der Waals surface area contributed by atoms with E-state index >= 15 is 0 Å². The van der Waals surface area contributed by atoms with Gasteiger partial charge in [0.25, 0.3) is 0 Å². The van der Waals surface area contributed by atoms with Crippen LogP contribution in [-0.2, 0) is 14.0 Å². The predicted octanol–water partition coefficient (Wildman–Crippen LogP) is 4.29. The minimum absolute atomic E-state index is 0.0154. The number of allylic oxidation sites excluding steroid dienone is 1. The summed E-state index contributed by atoms with van der Waals surface area (Å²) in [4.78, 5) is 11.2. The van der Waals surface area contributed by atoms with E-state index in [1.54, 1.807) is 0 Å². The molecule has 0 heterocycles. The van der Waals surface area contributed by atoms with Gasteiger partial charge in [-0.1, -0.05) is 32.3 Å². The van der Waals surface area contributed by atoms with Crippen LogP contribution in [0.15, 0.2) is 12.2 Å². The van der Waals surface area contributed by atoms with Crippen LogP contribution in [-0.4, -0.2) is 26.5 Å². The summed E-state index contributed by atoms with van der Waals surface area (Å²) in [7, 11) is -1.65. The van der Waals surface area contributed by atoms with Crippen molar-refractivity contribution in [1.29, 1.82) is 0 Å². The molecule has 0 aliphatic rings. The van der Waals surface area contributed by atoms with Gasteiger partial charge in [-0.25, -0.2) is 0 Å². The number of hydrogen-bond donors (Lipinski definition) is 0. The first-order valence-corrected chi connectivity index (χ1v) is 10.7. The quantitative estimate of drug-likeness (QED) is 0.274. The van der Waals surface area contributed by atoms with Crippen LogP contribution in [0.25, 0.3) is 0 Å². The third kappa shape index (κ3) is 9.90. The summed E-state index contributed by atoms with van der Waals surface area (Å²) in [5, 5.41) is 0. The van der Waals surface area contributed by atoms with Crippen LogP contribution in [0.2, 0.25) is 19.6 Å². The first-order chi connectivity index (χ1) is 8.80. The largest absolute Gasteiger partial charge is 0.456 e. The number of carbonyl (C=O) groups excluding carboxylic acids is 1. The monoisotopic (exact) mass is 286 g/mol. The third-order valence-electron chi connectivity index (χ3n) is 2.65. The molecule has 19 heavy (non-hydrogen) atoms. The minimum atomic E-state index is -1.65. The molecule has 0 aromatic rings. The molecule has 0 saturated carbocycles. The van der Waals surface area contributed by atoms with Crippen LogP contribution >= 0.6 is 0 Å². The van der Waals surface area contributed by atoms with Gasteiger partial charge in [-0.3, -0.25) is 4.79 Å². The molecule has 2 unspecified atom stereocenters. The number of unbranched alkanes of at least 4 members (excludes halogenated alkanes) is 2. The van der Waals surface area contributed by atoms with Gasteiger partial charge in [-0.05, 0) is 39.1 Å². The molecule has 4 heteroatoms. The molecule has 0 rings (SSSR count). The molecule has 0 aliphatic carbocycles. The maximum atomic E-state index is 11.2. The highest BCUT2D eigenvalue weighted by atomic mass is 28.4. The van der Waals surface area contributed by atoms with Gasteiger partial charge in [0.15, 0.2) is 8.32 Å². The average molecular weight is 286 g/mol. The fourth-order valence-electron chi connectivity index (χ4n) is 1.96. The van der Waals surface area contributed by atoms with Gasteiger partial charge in [0.1, 0.15) is 6.10 Å². The highest BCUT2D eigenvalue weighted by Crippen LogP contribution is 2.19. The molecule has 0 aromatic heterocycles. The van der Waals surface area contributed by atoms with Gasteiger partial charge < -0.3 is 9.16 Å². The summed E-state index contributed by atoms with van der Waals surface area (Å²) in [6.07, 6.45) is 8.01. The molecular weight excluding hydrogens is 256 g/mol. The lowest BCUT2D eigenvalue weighted by Crippen LogP contribution is -2.40. The average Bonchev–Trinajstić information content (AvgIpc) is 2.25. The zero-order valence-corrected chi connectivity index (χ0v) is 14.4. The Balaban J connectivity index is 4.76. The number of esters is 1. The second-order valence-electron chi connectivity index (χ2n) is 5.86. The molecule has 2 atom stereocenters. The zero-order chi connectivity index (χ0) is 14.9. The lowest BCUT2D eigenvalue weighted by Gasteiger charge is -2.31. The van der Waals surface area contributed by atoms with Crippen molar-refractivity contribution in [3.8, 4) is 0 Å². The number of hydrogen-bond acceptors (Lipinski definition) is 3. The molecule has 0 fully saturated rings. The predicted molar refractivity (Wildman–Crippen MR) is 82.7 cm³/mol. The molecule has 0 radical (unpaired) electrons. The van der Waals surface area contributed by atoms with Gasteiger partial charge in [0.05, 0.1) is 6.10 Å². The number of rotatable bonds is 9. The van der Waals surface area contributed by atoms with Crippen LogP contribution in [0, 0.1) is 0 Å². The normalized spacial score (nSPS) is 15.5. The molecular formula is C15H30O3Si. The van der Waals surface area contributed by atoms with Crippen molar-refractivity contribution in [1.82, 2.24) is 0 Å². The summed E-state index contributed by atoms with van der Waals surface area (Å²) in [5.74, 6) is -0.247. The lowest BCUT2D eigenvalue weighted by molar-refractivity contribution is -0.148. The van der Waals surface area contributed by atoms with Crippen molar-refractivity contribution < 1.29 is 14.0 Å². The van der Waals surface area contributed by atoms with E-state index in [0.29, 0.717) is 0 Å². The SMILES string of the molecule is C/C=C/C(OC(C)=O)C(CCCCC)O[Si](C)(C)C. The van der Waals surface area contributed by atoms with Gasteiger partial charge in [0, 0.05) is 6.92 Å². The van der Waals surface area contributed by atoms with E-state index < -0.39 is 8.32 Å². The Morgan fingerprint density at radius 1 is 1.26 bits per heavy atom. The topological polar surface area (TPSA) is 35.5 Å². The maximum Gasteiger partial charge on any atom is 0.303 e. The summed E-state index contributed by atoms with van der Waals surface area (Å²) in [6, 6.07) is 0. The molecule has 0 amide bonds. The highest BCUT2D eigenvalue weighted by Gasteiger charge is 2.28. The molecule has 0 aromatic carbocycles. The Morgan fingerprint density at radius 3 is 2.32 bits per heavy atom. The Kier molecular flexibility index (Phi) is 9.02. The third-order valence-corrected chi connectivity index (χ3v) is 3.66. The Bertz CT molecular complexity index is 282. The first kappa shape index (κ1) is 18.4. The van der Waals surface area contributed by atoms with Gasteiger partial charge >= 0.3 is 5.97 Å². The van der Waals surface area contributed by atoms with E-state index in [1.807, 2.05) is 19.1 Å². The van der Waals surface area contributed by atoms with Crippen molar-refractivity contribution in [2.45, 2.75) is 78.3 Å². The molecule has 0 aliphatic heterocycles. The van der Waals surface area contributed by atoms with Gasteiger partial charge in [0.2, 0.25) is 0 Å². The Morgan fingerprint density at radius 2 is 1.89 bits per heavy atom. The van der Waals surface area contributed by atoms with Crippen LogP contribution in [0.4, 0.5) is 0 Å². The van der Waals surface area contributed by atoms with Crippen LogP contribution in [0.3, 0.4) is 0 Å². The second-order valence-corrected chi connectivity index (χ2v) is 10.3. The number of ether oxygens (including phenoxy) is 1. The summed E-state index contributed by atoms with van der Waals surface area (Å²) in [6.45, 7) is 12.1. The summed E-state index contributed by atoms with van der Waals surface area (Å²) >= 11 is 0. The first-order valence-electron chi connectivity index (χ1n) is 7.28. The van der Waals surface area contributed by atoms with E-state index in [2.05, 4.69) is 26.6 Å². The van der Waals surface area contributed by atoms with Gasteiger partial charge in [-0.15, -0.1) is 0 Å². The standard InChI is InChI=1S/C15H30O3Si/c1-7-9-10-12-15(18-19(4,5)6)14(11-8-2)17-13(3)16/h8,11,14-15H,7,9-10,12H2,1-6H3/b11-8+. The number of carbonyl (C=O) groups is 1. The van der Waals surface area contributed by atoms with Crippen LogP contribution < -0.4 is 0 Å². The van der Waals surface area contributed by atoms with Crippen LogP contribution in [0.5, 0.6) is 0 Å². The minimum Gasteiger partial charge on any atom is -0.456 e. The van der Waals surface area contributed by atoms with Crippen molar-refractivity contribution in [2.24, 2.45) is 0 Å². The lowest BCUT2D eigenvalue weighted by atomic mass is 10.1. The molecule has 0 spiro atoms. The van der Waals surface area contributed by atoms with E-state index in [4.69, 9.17) is 9.16 Å². The van der Waals surface area contributed by atoms with E-state index in [1.165, 1.54) is 19.8 Å². The summed E-state index contributed by atoms with van der Waals surface area (Å²) in [5.41, 5.74) is 0. The summed E-state index contributed by atoms with van der Waals surface area (Å²) < 4.78 is 11.6. The Hall–Kier alpha value is -0.613. The molecule has 112 valence electrons. The fraction of sp³-hybridized carbons (Fsp3) is 0.800. The fourth-order valence-corrected chi connectivity index (χ4v) is 3.12. The van der Waals surface area contributed by atoms with Crippen molar-refractivity contribution in [3.05, 3.63) is 12.2 Å². The smallest absolute Gasteiger partial charge is 0.303 e. The van der Waals surface area contributed by atoms with E-state index in [9.17, 15) is 4.79 Å². The van der Waals surface area contributed by atoms with Gasteiger partial charge in [-0.2, -0.15) is 0 Å². The highest BCUT2D eigenvalue weighted by molar-refractivity contribution is 6.69. The van der Waals surface area contributed by atoms with Crippen molar-refractivity contribution >= 4 is 14.3 Å². The van der Waals surface area contributed by atoms with Crippen molar-refractivity contribution in [3.63, 3.8) is 0 Å². The maximum absolute atomic E-state index is 11.2. The molecule has 3 nitrogen and oxygen atoms in total. The molecule has 0 bridgehead atoms. The van der Waals surface area contributed by atoms with E-state index in [-0.39, 0.29) is 18.2 Å². The van der Waals surface area contributed by atoms with Crippen molar-refractivity contribution in [2.75, 3.05) is 0 Å². The second kappa shape index (κ2) is 9.32.